The summed E-state index contributed by atoms with van der Waals surface area (Å²) in [6.07, 6.45) is 0.676. The first-order valence-corrected chi connectivity index (χ1v) is 10.2. The summed E-state index contributed by atoms with van der Waals surface area (Å²) in [5.74, 6) is 4.59. The zero-order valence-corrected chi connectivity index (χ0v) is 17.9. The molecule has 1 saturated heterocycles. The Hall–Kier alpha value is -3.18. The van der Waals surface area contributed by atoms with Gasteiger partial charge in [-0.25, -0.2) is 0 Å². The second-order valence-electron chi connectivity index (χ2n) is 8.42. The maximum Gasteiger partial charge on any atom is 0.308 e. The van der Waals surface area contributed by atoms with Crippen LogP contribution in [0.4, 0.5) is 0 Å². The van der Waals surface area contributed by atoms with Crippen LogP contribution in [0.1, 0.15) is 61.5 Å². The summed E-state index contributed by atoms with van der Waals surface area (Å²) < 4.78 is 10.6. The summed E-state index contributed by atoms with van der Waals surface area (Å²) in [6.45, 7) is 6.03. The van der Waals surface area contributed by atoms with Crippen LogP contribution in [0.3, 0.4) is 0 Å². The Morgan fingerprint density at radius 2 is 2.03 bits per heavy atom. The van der Waals surface area contributed by atoms with Gasteiger partial charge < -0.3 is 14.4 Å². The van der Waals surface area contributed by atoms with Gasteiger partial charge in [0.2, 0.25) is 11.8 Å². The zero-order chi connectivity index (χ0) is 22.6. The summed E-state index contributed by atoms with van der Waals surface area (Å²) in [7, 11) is 0. The third-order valence-corrected chi connectivity index (χ3v) is 4.85. The van der Waals surface area contributed by atoms with Crippen molar-refractivity contribution in [2.24, 2.45) is 0 Å². The summed E-state index contributed by atoms with van der Waals surface area (Å²) in [4.78, 5) is 49.5. The average molecular weight is 426 g/mol. The van der Waals surface area contributed by atoms with Crippen LogP contribution in [0, 0.1) is 11.8 Å². The molecule has 0 aromatic heterocycles. The number of esters is 1. The Balaban J connectivity index is 1.57. The molecule has 31 heavy (non-hydrogen) atoms. The van der Waals surface area contributed by atoms with Crippen molar-refractivity contribution in [2.45, 2.75) is 58.2 Å². The van der Waals surface area contributed by atoms with E-state index >= 15 is 0 Å². The molecule has 2 aliphatic rings. The molecule has 0 aliphatic carbocycles. The Morgan fingerprint density at radius 3 is 2.74 bits per heavy atom. The van der Waals surface area contributed by atoms with Crippen molar-refractivity contribution in [2.75, 3.05) is 13.2 Å². The van der Waals surface area contributed by atoms with Gasteiger partial charge in [-0.05, 0) is 44.9 Å². The van der Waals surface area contributed by atoms with Gasteiger partial charge in [0, 0.05) is 24.1 Å². The van der Waals surface area contributed by atoms with Crippen molar-refractivity contribution < 1.29 is 28.7 Å². The number of nitrogens with one attached hydrogen (secondary N) is 1. The maximum absolute atomic E-state index is 12.8. The third-order valence-electron chi connectivity index (χ3n) is 4.85. The third kappa shape index (κ3) is 5.70. The molecule has 0 bridgehead atoms. The molecular formula is C23H26N2O6. The molecular weight excluding hydrogens is 400 g/mol. The van der Waals surface area contributed by atoms with Crippen LogP contribution < -0.4 is 5.32 Å². The Kier molecular flexibility index (Phi) is 6.76. The summed E-state index contributed by atoms with van der Waals surface area (Å²) >= 11 is 0. The van der Waals surface area contributed by atoms with Crippen LogP contribution in [0.25, 0.3) is 0 Å². The first kappa shape index (κ1) is 22.5. The summed E-state index contributed by atoms with van der Waals surface area (Å²) in [5.41, 5.74) is 1.45. The molecule has 2 heterocycles. The molecule has 0 spiro atoms. The molecule has 1 aromatic carbocycles. The fourth-order valence-corrected chi connectivity index (χ4v) is 3.51. The van der Waals surface area contributed by atoms with Gasteiger partial charge >= 0.3 is 5.97 Å². The second-order valence-corrected chi connectivity index (χ2v) is 8.42. The van der Waals surface area contributed by atoms with Gasteiger partial charge in [0.25, 0.3) is 5.91 Å². The SMILES string of the molecule is CC(C)(C)OC(=O)CCOCC#Cc1cccc2c1CN(C1CCC(=O)NC1=O)C2=O. The molecule has 3 amide bonds. The van der Waals surface area contributed by atoms with Crippen LogP contribution in [0.2, 0.25) is 0 Å². The predicted molar refractivity (Wildman–Crippen MR) is 111 cm³/mol. The van der Waals surface area contributed by atoms with Crippen molar-refractivity contribution in [3.63, 3.8) is 0 Å². The fraction of sp³-hybridized carbons (Fsp3) is 0.478. The van der Waals surface area contributed by atoms with Gasteiger partial charge in [0.1, 0.15) is 18.2 Å². The van der Waals surface area contributed by atoms with Crippen LogP contribution in [0.5, 0.6) is 0 Å². The number of fused-ring (bicyclic) bond motifs is 1. The number of carbonyl (C=O) groups is 4. The normalized spacial score (nSPS) is 18.2. The van der Waals surface area contributed by atoms with Crippen molar-refractivity contribution in [3.05, 3.63) is 34.9 Å². The number of piperidine rings is 1. The van der Waals surface area contributed by atoms with Crippen molar-refractivity contribution in [1.29, 1.82) is 0 Å². The van der Waals surface area contributed by atoms with Gasteiger partial charge in [0.05, 0.1) is 13.0 Å². The monoisotopic (exact) mass is 426 g/mol. The highest BCUT2D eigenvalue weighted by atomic mass is 16.6. The summed E-state index contributed by atoms with van der Waals surface area (Å²) in [5, 5.41) is 2.29. The van der Waals surface area contributed by atoms with E-state index in [9.17, 15) is 19.2 Å². The number of benzene rings is 1. The van der Waals surface area contributed by atoms with E-state index in [1.807, 2.05) is 26.8 Å². The number of carbonyl (C=O) groups excluding carboxylic acids is 4. The number of amides is 3. The predicted octanol–water partition coefficient (Wildman–Crippen LogP) is 1.55. The van der Waals surface area contributed by atoms with Crippen LogP contribution in [-0.2, 0) is 30.4 Å². The van der Waals surface area contributed by atoms with Crippen molar-refractivity contribution >= 4 is 23.7 Å². The smallest absolute Gasteiger partial charge is 0.308 e. The van der Waals surface area contributed by atoms with E-state index in [1.54, 1.807) is 12.1 Å². The molecule has 3 rings (SSSR count). The lowest BCUT2D eigenvalue weighted by atomic mass is 10.0. The number of nitrogens with zero attached hydrogens (tertiary/aromatic N) is 1. The quantitative estimate of drug-likeness (QED) is 0.332. The minimum Gasteiger partial charge on any atom is -0.460 e. The Morgan fingerprint density at radius 1 is 1.26 bits per heavy atom. The van der Waals surface area contributed by atoms with Crippen molar-refractivity contribution in [1.82, 2.24) is 10.2 Å². The Bertz CT molecular complexity index is 967. The topological polar surface area (TPSA) is 102 Å². The van der Waals surface area contributed by atoms with E-state index in [1.165, 1.54) is 4.90 Å². The fourth-order valence-electron chi connectivity index (χ4n) is 3.51. The molecule has 8 nitrogen and oxygen atoms in total. The molecule has 1 unspecified atom stereocenters. The number of ether oxygens (including phenoxy) is 2. The highest BCUT2D eigenvalue weighted by Crippen LogP contribution is 2.29. The second kappa shape index (κ2) is 9.31. The van der Waals surface area contributed by atoms with E-state index in [2.05, 4.69) is 17.2 Å². The van der Waals surface area contributed by atoms with Crippen molar-refractivity contribution in [3.8, 4) is 11.8 Å². The minimum atomic E-state index is -0.658. The minimum absolute atomic E-state index is 0.136. The average Bonchev–Trinajstić information content (AvgIpc) is 3.00. The first-order valence-electron chi connectivity index (χ1n) is 10.2. The number of hydrogen-bond donors (Lipinski definition) is 1. The van der Waals surface area contributed by atoms with Crippen LogP contribution in [-0.4, -0.2) is 53.4 Å². The molecule has 1 aromatic rings. The highest BCUT2D eigenvalue weighted by Gasteiger charge is 2.39. The van der Waals surface area contributed by atoms with E-state index < -0.39 is 17.6 Å². The zero-order valence-electron chi connectivity index (χ0n) is 17.9. The molecule has 1 fully saturated rings. The van der Waals surface area contributed by atoms with E-state index in [0.717, 1.165) is 5.56 Å². The first-order chi connectivity index (χ1) is 14.7. The summed E-state index contributed by atoms with van der Waals surface area (Å²) in [6, 6.07) is 4.62. The molecule has 0 radical (unpaired) electrons. The molecule has 164 valence electrons. The highest BCUT2D eigenvalue weighted by molar-refractivity contribution is 6.05. The lowest BCUT2D eigenvalue weighted by Crippen LogP contribution is -2.52. The van der Waals surface area contributed by atoms with Gasteiger partial charge in [-0.15, -0.1) is 0 Å². The van der Waals surface area contributed by atoms with E-state index in [4.69, 9.17) is 9.47 Å². The Labute approximate surface area is 181 Å². The lowest BCUT2D eigenvalue weighted by molar-refractivity contribution is -0.156. The standard InChI is InChI=1S/C23H26N2O6/c1-23(2,3)31-20(27)11-13-30-12-5-7-15-6-4-8-16-17(15)14-25(22(16)29)18-9-10-19(26)24-21(18)28/h4,6,8,18H,9-14H2,1-3H3,(H,24,26,28). The van der Waals surface area contributed by atoms with Crippen LogP contribution in [0.15, 0.2) is 18.2 Å². The van der Waals surface area contributed by atoms with Gasteiger partial charge in [-0.2, -0.15) is 0 Å². The number of imide groups is 1. The van der Waals surface area contributed by atoms with Gasteiger partial charge in [-0.3, -0.25) is 24.5 Å². The lowest BCUT2D eigenvalue weighted by Gasteiger charge is -2.29. The largest absolute Gasteiger partial charge is 0.460 e. The van der Waals surface area contributed by atoms with E-state index in [-0.39, 0.29) is 50.4 Å². The number of hydrogen-bond acceptors (Lipinski definition) is 6. The van der Waals surface area contributed by atoms with Gasteiger partial charge in [-0.1, -0.05) is 17.9 Å². The number of rotatable bonds is 5. The molecule has 8 heteroatoms. The molecule has 1 atom stereocenters. The maximum atomic E-state index is 12.8. The van der Waals surface area contributed by atoms with Crippen LogP contribution >= 0.6 is 0 Å². The van der Waals surface area contributed by atoms with Gasteiger partial charge in [0.15, 0.2) is 0 Å². The molecule has 0 saturated carbocycles. The van der Waals surface area contributed by atoms with E-state index in [0.29, 0.717) is 17.5 Å². The molecule has 1 N–H and O–H groups in total. The molecule has 2 aliphatic heterocycles.